The summed E-state index contributed by atoms with van der Waals surface area (Å²) in [6, 6.07) is 7.54. The van der Waals surface area contributed by atoms with Gasteiger partial charge >= 0.3 is 0 Å². The van der Waals surface area contributed by atoms with Gasteiger partial charge in [0.25, 0.3) is 0 Å². The van der Waals surface area contributed by atoms with Crippen LogP contribution < -0.4 is 54.0 Å². The number of hydrogen-bond donors (Lipinski definition) is 13. The molecule has 1 aliphatic heterocycles. The van der Waals surface area contributed by atoms with E-state index in [-0.39, 0.29) is 75.8 Å². The molecule has 3 heterocycles. The van der Waals surface area contributed by atoms with E-state index in [9.17, 15) is 38.4 Å². The highest BCUT2D eigenvalue weighted by molar-refractivity contribution is 5.98. The molecule has 350 valence electrons. The van der Waals surface area contributed by atoms with E-state index in [4.69, 9.17) is 16.9 Å². The van der Waals surface area contributed by atoms with Crippen molar-refractivity contribution in [3.8, 4) is 0 Å². The quantitative estimate of drug-likeness (QED) is 0.0389. The number of guanidine groups is 1. The molecule has 6 atom stereocenters. The van der Waals surface area contributed by atoms with Crippen LogP contribution in [0, 0.1) is 11.3 Å². The number of aromatic amines is 2. The summed E-state index contributed by atoms with van der Waals surface area (Å²) in [6.07, 6.45) is 5.28. The minimum atomic E-state index is -1.43. The van der Waals surface area contributed by atoms with Gasteiger partial charge in [0.1, 0.15) is 36.3 Å². The number of nitrogens with zero attached hydrogens (tertiary/aromatic N) is 1. The molecule has 66 heavy (non-hydrogen) atoms. The molecule has 0 bridgehead atoms. The Hall–Kier alpha value is -7.78. The molecule has 8 amide bonds. The van der Waals surface area contributed by atoms with Crippen molar-refractivity contribution in [2.45, 2.75) is 94.0 Å². The lowest BCUT2D eigenvalue weighted by molar-refractivity contribution is -0.135. The maximum Gasteiger partial charge on any atom is 0.247 e. The molecule has 2 aromatic carbocycles. The molecule has 0 radical (unpaired) electrons. The summed E-state index contributed by atoms with van der Waals surface area (Å²) in [4.78, 5) is 120. The lowest BCUT2D eigenvalue weighted by Crippen LogP contribution is -2.58. The van der Waals surface area contributed by atoms with Crippen LogP contribution in [0.15, 0.2) is 73.3 Å². The van der Waals surface area contributed by atoms with E-state index >= 15 is 0 Å². The van der Waals surface area contributed by atoms with Gasteiger partial charge in [-0.05, 0) is 55.7 Å². The van der Waals surface area contributed by atoms with E-state index in [1.54, 1.807) is 36.5 Å². The third kappa shape index (κ3) is 13.6. The van der Waals surface area contributed by atoms with Gasteiger partial charge in [0.05, 0.1) is 12.0 Å². The van der Waals surface area contributed by atoms with Crippen LogP contribution in [0.5, 0.6) is 0 Å². The second kappa shape index (κ2) is 22.7. The first-order chi connectivity index (χ1) is 31.7. The monoisotopic (exact) mass is 908 g/mol. The standard InChI is InChI=1S/C44H56N14O8/c45-37(60)33(19-26-21-51-29-10-5-4-9-28(26)29)56-41(64)32-16-18-49-35(59)15-14-31(53-38(61)25-12-13-25)40(63)57-34(20-27-22-48-23-52-27)42(65)58-36(24-7-2-1-3-8-24)43(66)55-30(39(62)54-32)11-6-17-50-44(46)47/h1-5,7-10,21-23,25,30-34,36,51H,6,11-20H2,(H2,45,60)(H,48,52)(H,49,59)(H,53,61)(H,54,62)(H,55,66)(H,56,64)(H,57,63)(H,58,65)(H4,46,47,50)/t30-,31-,32-,33-,34-,36?/m0/s1. The van der Waals surface area contributed by atoms with Crippen molar-refractivity contribution in [1.29, 1.82) is 5.41 Å². The number of primary amides is 1. The first-order valence-corrected chi connectivity index (χ1v) is 21.8. The number of carbonyl (C=O) groups is 8. The molecular formula is C44H56N14O8. The van der Waals surface area contributed by atoms with Gasteiger partial charge in [0.15, 0.2) is 5.96 Å². The van der Waals surface area contributed by atoms with Crippen molar-refractivity contribution >= 4 is 64.1 Å². The van der Waals surface area contributed by atoms with Crippen LogP contribution in [0.1, 0.15) is 67.8 Å². The molecular weight excluding hydrogens is 853 g/mol. The predicted octanol–water partition coefficient (Wildman–Crippen LogP) is -1.58. The van der Waals surface area contributed by atoms with E-state index in [1.165, 1.54) is 12.5 Å². The number of fused-ring (bicyclic) bond motifs is 1. The zero-order chi connectivity index (χ0) is 47.2. The predicted molar refractivity (Wildman–Crippen MR) is 239 cm³/mol. The Morgan fingerprint density at radius 3 is 2.24 bits per heavy atom. The van der Waals surface area contributed by atoms with Gasteiger partial charge in [-0.1, -0.05) is 48.5 Å². The van der Waals surface area contributed by atoms with Crippen LogP contribution >= 0.6 is 0 Å². The average Bonchev–Trinajstić information content (AvgIpc) is 3.88. The largest absolute Gasteiger partial charge is 0.370 e. The first kappa shape index (κ1) is 47.7. The third-order valence-corrected chi connectivity index (χ3v) is 11.3. The van der Waals surface area contributed by atoms with Crippen molar-refractivity contribution in [1.82, 2.24) is 57.5 Å². The van der Waals surface area contributed by atoms with E-state index in [1.807, 2.05) is 24.3 Å². The van der Waals surface area contributed by atoms with Crippen LogP contribution in [0.2, 0.25) is 0 Å². The Labute approximate surface area is 379 Å². The zero-order valence-electron chi connectivity index (χ0n) is 36.1. The van der Waals surface area contributed by atoms with Gasteiger partial charge in [0.2, 0.25) is 47.3 Å². The molecule has 4 aromatic rings. The first-order valence-electron chi connectivity index (χ1n) is 21.8. The summed E-state index contributed by atoms with van der Waals surface area (Å²) >= 11 is 0. The summed E-state index contributed by atoms with van der Waals surface area (Å²) in [5, 5.41) is 29.9. The highest BCUT2D eigenvalue weighted by Gasteiger charge is 2.36. The van der Waals surface area contributed by atoms with Gasteiger partial charge in [-0.15, -0.1) is 0 Å². The number of hydrogen-bond acceptors (Lipinski definition) is 10. The molecule has 0 spiro atoms. The smallest absolute Gasteiger partial charge is 0.247 e. The molecule has 1 unspecified atom stereocenters. The number of nitrogens with two attached hydrogens (primary N) is 2. The van der Waals surface area contributed by atoms with Crippen molar-refractivity contribution in [3.63, 3.8) is 0 Å². The summed E-state index contributed by atoms with van der Waals surface area (Å²) in [5.74, 6) is -6.41. The number of rotatable bonds is 14. The maximum atomic E-state index is 14.4. The second-order valence-corrected chi connectivity index (χ2v) is 16.3. The van der Waals surface area contributed by atoms with Gasteiger partial charge < -0.3 is 64.0 Å². The number of benzene rings is 2. The number of aromatic nitrogens is 3. The Balaban J connectivity index is 1.31. The normalized spacial score (nSPS) is 21.8. The van der Waals surface area contributed by atoms with Crippen LogP contribution in [-0.4, -0.2) is 111 Å². The van der Waals surface area contributed by atoms with Gasteiger partial charge in [0, 0.05) is 61.6 Å². The number of imidazole rings is 1. The van der Waals surface area contributed by atoms with Gasteiger partial charge in [-0.3, -0.25) is 43.8 Å². The fraction of sp³-hybridized carbons (Fsp3) is 0.409. The number of para-hydroxylation sites is 1. The SMILES string of the molecule is N=C(N)NCCC[C@@H]1NC(=O)C(c2ccccc2)NC(=O)[C@H](Cc2c[nH]cn2)NC(=O)[C@@H](NC(=O)C2CC2)CCC(=O)NCC[C@@H](C(=O)N[C@@H](Cc2c[nH]c3ccccc23)C(N)=O)NC1=O. The number of H-pyrrole nitrogens is 2. The Kier molecular flexibility index (Phi) is 16.4. The van der Waals surface area contributed by atoms with E-state index < -0.39 is 77.6 Å². The fourth-order valence-corrected chi connectivity index (χ4v) is 7.52. The minimum Gasteiger partial charge on any atom is -0.370 e. The maximum absolute atomic E-state index is 14.4. The summed E-state index contributed by atoms with van der Waals surface area (Å²) in [6.45, 7) is -0.0411. The molecule has 2 fully saturated rings. The molecule has 2 aliphatic rings. The average molecular weight is 909 g/mol. The zero-order valence-corrected chi connectivity index (χ0v) is 36.1. The topological polar surface area (TPSA) is 353 Å². The van der Waals surface area contributed by atoms with Crippen molar-refractivity contribution < 1.29 is 38.4 Å². The van der Waals surface area contributed by atoms with Crippen LogP contribution in [-0.2, 0) is 51.2 Å². The second-order valence-electron chi connectivity index (χ2n) is 16.3. The van der Waals surface area contributed by atoms with Crippen LogP contribution in [0.25, 0.3) is 10.9 Å². The Morgan fingerprint density at radius 2 is 1.53 bits per heavy atom. The molecule has 1 saturated heterocycles. The lowest BCUT2D eigenvalue weighted by Gasteiger charge is -2.27. The Morgan fingerprint density at radius 1 is 0.803 bits per heavy atom. The molecule has 22 heteroatoms. The van der Waals surface area contributed by atoms with E-state index in [0.29, 0.717) is 29.7 Å². The van der Waals surface area contributed by atoms with Crippen molar-refractivity contribution in [2.24, 2.45) is 17.4 Å². The molecule has 1 aliphatic carbocycles. The van der Waals surface area contributed by atoms with Crippen LogP contribution in [0.4, 0.5) is 0 Å². The van der Waals surface area contributed by atoms with Gasteiger partial charge in [-0.2, -0.15) is 0 Å². The van der Waals surface area contributed by atoms with Gasteiger partial charge in [-0.25, -0.2) is 4.98 Å². The third-order valence-electron chi connectivity index (χ3n) is 11.3. The highest BCUT2D eigenvalue weighted by Crippen LogP contribution is 2.29. The van der Waals surface area contributed by atoms with Crippen LogP contribution in [0.3, 0.4) is 0 Å². The fourth-order valence-electron chi connectivity index (χ4n) is 7.52. The van der Waals surface area contributed by atoms with E-state index in [0.717, 1.165) is 10.9 Å². The van der Waals surface area contributed by atoms with E-state index in [2.05, 4.69) is 57.5 Å². The summed E-state index contributed by atoms with van der Waals surface area (Å²) in [5.41, 5.74) is 13.5. The van der Waals surface area contributed by atoms with Crippen molar-refractivity contribution in [3.05, 3.63) is 90.1 Å². The molecule has 15 N–H and O–H groups in total. The molecule has 2 aromatic heterocycles. The molecule has 1 saturated carbocycles. The highest BCUT2D eigenvalue weighted by atomic mass is 16.2. The number of amides is 8. The van der Waals surface area contributed by atoms with Crippen molar-refractivity contribution in [2.75, 3.05) is 13.1 Å². The molecule has 22 nitrogen and oxygen atoms in total. The number of carbonyl (C=O) groups excluding carboxylic acids is 8. The summed E-state index contributed by atoms with van der Waals surface area (Å²) < 4.78 is 0. The minimum absolute atomic E-state index is 0.00546. The summed E-state index contributed by atoms with van der Waals surface area (Å²) in [7, 11) is 0. The Bertz CT molecular complexity index is 2390. The lowest BCUT2D eigenvalue weighted by atomic mass is 10.0. The number of nitrogens with one attached hydrogen (secondary N) is 11. The molecule has 6 rings (SSSR count).